The number of anilines is 1. The molecule has 1 aromatic heterocycles. The summed E-state index contributed by atoms with van der Waals surface area (Å²) in [6.07, 6.45) is 8.29. The zero-order chi connectivity index (χ0) is 12.1. The molecule has 0 aliphatic heterocycles. The van der Waals surface area contributed by atoms with Gasteiger partial charge < -0.3 is 15.6 Å². The van der Waals surface area contributed by atoms with E-state index in [9.17, 15) is 4.79 Å². The van der Waals surface area contributed by atoms with Gasteiger partial charge in [0.2, 0.25) is 0 Å². The molecular formula is C12H17N3O. The minimum atomic E-state index is -0.138. The van der Waals surface area contributed by atoms with Crippen molar-refractivity contribution in [2.45, 2.75) is 25.8 Å². The maximum absolute atomic E-state index is 11.9. The molecule has 0 bridgehead atoms. The summed E-state index contributed by atoms with van der Waals surface area (Å²) in [7, 11) is 1.79. The number of hydrogen-bond acceptors (Lipinski definition) is 2. The van der Waals surface area contributed by atoms with E-state index >= 15 is 0 Å². The average Bonchev–Trinajstić information content (AvgIpc) is 2.57. The van der Waals surface area contributed by atoms with Crippen LogP contribution < -0.4 is 11.1 Å². The van der Waals surface area contributed by atoms with Crippen LogP contribution in [0.5, 0.6) is 0 Å². The van der Waals surface area contributed by atoms with E-state index < -0.39 is 0 Å². The molecule has 0 aromatic carbocycles. The van der Waals surface area contributed by atoms with Crippen LogP contribution in [0, 0.1) is 12.3 Å². The lowest BCUT2D eigenvalue weighted by atomic mass is 10.1. The lowest BCUT2D eigenvalue weighted by Crippen LogP contribution is -2.35. The Bertz CT molecular complexity index is 414. The molecule has 4 heteroatoms. The number of hydrogen-bond donors (Lipinski definition) is 2. The lowest BCUT2D eigenvalue weighted by Gasteiger charge is -2.14. The van der Waals surface area contributed by atoms with Crippen molar-refractivity contribution >= 4 is 11.6 Å². The Balaban J connectivity index is 2.72. The van der Waals surface area contributed by atoms with Gasteiger partial charge in [-0.25, -0.2) is 0 Å². The predicted octanol–water partition coefficient (Wildman–Crippen LogP) is 1.14. The van der Waals surface area contributed by atoms with Gasteiger partial charge in [-0.2, -0.15) is 0 Å². The smallest absolute Gasteiger partial charge is 0.268 e. The number of amides is 1. The highest BCUT2D eigenvalue weighted by Gasteiger charge is 2.14. The highest BCUT2D eigenvalue weighted by Crippen LogP contribution is 2.09. The van der Waals surface area contributed by atoms with Gasteiger partial charge in [0, 0.05) is 25.7 Å². The van der Waals surface area contributed by atoms with E-state index in [1.807, 2.05) is 6.92 Å². The summed E-state index contributed by atoms with van der Waals surface area (Å²) in [4.78, 5) is 11.9. The van der Waals surface area contributed by atoms with Crippen molar-refractivity contribution in [3.8, 4) is 12.3 Å². The quantitative estimate of drug-likeness (QED) is 0.746. The Morgan fingerprint density at radius 3 is 2.88 bits per heavy atom. The largest absolute Gasteiger partial charge is 0.397 e. The Hall–Kier alpha value is -1.89. The maximum Gasteiger partial charge on any atom is 0.268 e. The summed E-state index contributed by atoms with van der Waals surface area (Å²) < 4.78 is 1.70. The Kier molecular flexibility index (Phi) is 4.01. The number of rotatable bonds is 4. The molecule has 0 aliphatic rings. The van der Waals surface area contributed by atoms with Gasteiger partial charge in [0.15, 0.2) is 0 Å². The van der Waals surface area contributed by atoms with Crippen LogP contribution in [-0.4, -0.2) is 16.5 Å². The first-order valence-electron chi connectivity index (χ1n) is 5.24. The molecule has 0 saturated heterocycles. The number of carbonyl (C=O) groups is 1. The van der Waals surface area contributed by atoms with E-state index in [4.69, 9.17) is 12.2 Å². The number of nitrogens with two attached hydrogens (primary N) is 1. The van der Waals surface area contributed by atoms with Gasteiger partial charge in [-0.3, -0.25) is 4.79 Å². The molecule has 0 fully saturated rings. The molecule has 0 saturated carbocycles. The van der Waals surface area contributed by atoms with Crippen LogP contribution in [0.2, 0.25) is 0 Å². The summed E-state index contributed by atoms with van der Waals surface area (Å²) in [5.41, 5.74) is 6.74. The lowest BCUT2D eigenvalue weighted by molar-refractivity contribution is 0.0928. The molecule has 86 valence electrons. The summed E-state index contributed by atoms with van der Waals surface area (Å²) >= 11 is 0. The number of carbonyl (C=O) groups excluding carboxylic acids is 1. The highest BCUT2D eigenvalue weighted by atomic mass is 16.2. The van der Waals surface area contributed by atoms with Crippen LogP contribution in [0.25, 0.3) is 0 Å². The van der Waals surface area contributed by atoms with Gasteiger partial charge in [0.05, 0.1) is 5.69 Å². The minimum absolute atomic E-state index is 0.0219. The number of nitrogens with zero attached hydrogens (tertiary/aromatic N) is 1. The van der Waals surface area contributed by atoms with Crippen molar-refractivity contribution in [3.05, 3.63) is 18.0 Å². The van der Waals surface area contributed by atoms with Crippen molar-refractivity contribution < 1.29 is 4.79 Å². The zero-order valence-electron chi connectivity index (χ0n) is 9.66. The number of aryl methyl sites for hydroxylation is 1. The number of nitrogens with one attached hydrogen (secondary N) is 1. The molecule has 3 N–H and O–H groups in total. The monoisotopic (exact) mass is 219 g/mol. The molecule has 1 rings (SSSR count). The van der Waals surface area contributed by atoms with Crippen LogP contribution in [0.15, 0.2) is 12.3 Å². The molecule has 0 spiro atoms. The average molecular weight is 219 g/mol. The fourth-order valence-electron chi connectivity index (χ4n) is 1.51. The molecule has 0 radical (unpaired) electrons. The van der Waals surface area contributed by atoms with Crippen LogP contribution >= 0.6 is 0 Å². The number of nitrogen functional groups attached to an aromatic ring is 1. The first-order valence-corrected chi connectivity index (χ1v) is 5.24. The summed E-state index contributed by atoms with van der Waals surface area (Å²) in [5, 5.41) is 2.88. The van der Waals surface area contributed by atoms with E-state index in [-0.39, 0.29) is 11.9 Å². The van der Waals surface area contributed by atoms with E-state index in [1.54, 1.807) is 23.9 Å². The molecule has 4 nitrogen and oxygen atoms in total. The Labute approximate surface area is 95.8 Å². The first-order chi connectivity index (χ1) is 7.58. The minimum Gasteiger partial charge on any atom is -0.397 e. The van der Waals surface area contributed by atoms with E-state index in [0.29, 0.717) is 17.8 Å². The normalized spacial score (nSPS) is 11.8. The molecule has 1 aromatic rings. The van der Waals surface area contributed by atoms with Crippen molar-refractivity contribution in [2.75, 3.05) is 5.73 Å². The standard InChI is InChI=1S/C12H17N3O/c1-4-6-10(5-2)14-12(16)11-7-9(13)8-15(11)3/h1,7-8,10H,5-6,13H2,2-3H3,(H,14,16). The summed E-state index contributed by atoms with van der Waals surface area (Å²) in [5.74, 6) is 2.41. The third kappa shape index (κ3) is 2.80. The molecular weight excluding hydrogens is 202 g/mol. The zero-order valence-corrected chi connectivity index (χ0v) is 9.66. The number of terminal acetylenes is 1. The van der Waals surface area contributed by atoms with E-state index in [1.165, 1.54) is 0 Å². The van der Waals surface area contributed by atoms with Crippen molar-refractivity contribution in [1.29, 1.82) is 0 Å². The van der Waals surface area contributed by atoms with Gasteiger partial charge in [-0.1, -0.05) is 6.92 Å². The Morgan fingerprint density at radius 2 is 2.44 bits per heavy atom. The van der Waals surface area contributed by atoms with Crippen molar-refractivity contribution in [3.63, 3.8) is 0 Å². The third-order valence-corrected chi connectivity index (χ3v) is 2.45. The SMILES string of the molecule is C#CCC(CC)NC(=O)c1cc(N)cn1C. The maximum atomic E-state index is 11.9. The summed E-state index contributed by atoms with van der Waals surface area (Å²) in [6.45, 7) is 1.99. The Morgan fingerprint density at radius 1 is 1.75 bits per heavy atom. The number of aromatic nitrogens is 1. The van der Waals surface area contributed by atoms with Gasteiger partial charge >= 0.3 is 0 Å². The van der Waals surface area contributed by atoms with Crippen LogP contribution in [-0.2, 0) is 7.05 Å². The second kappa shape index (κ2) is 5.26. The van der Waals surface area contributed by atoms with E-state index in [2.05, 4.69) is 11.2 Å². The van der Waals surface area contributed by atoms with Crippen molar-refractivity contribution in [2.24, 2.45) is 7.05 Å². The van der Waals surface area contributed by atoms with Gasteiger partial charge in [-0.05, 0) is 12.5 Å². The molecule has 16 heavy (non-hydrogen) atoms. The van der Waals surface area contributed by atoms with Gasteiger partial charge in [0.25, 0.3) is 5.91 Å². The second-order valence-electron chi connectivity index (χ2n) is 3.76. The molecule has 0 aliphatic carbocycles. The topological polar surface area (TPSA) is 60.1 Å². The van der Waals surface area contributed by atoms with Crippen LogP contribution in [0.3, 0.4) is 0 Å². The predicted molar refractivity (Wildman–Crippen MR) is 64.8 cm³/mol. The molecule has 1 amide bonds. The van der Waals surface area contributed by atoms with E-state index in [0.717, 1.165) is 6.42 Å². The van der Waals surface area contributed by atoms with Crippen LogP contribution in [0.1, 0.15) is 30.3 Å². The molecule has 1 heterocycles. The van der Waals surface area contributed by atoms with Crippen LogP contribution in [0.4, 0.5) is 5.69 Å². The highest BCUT2D eigenvalue weighted by molar-refractivity contribution is 5.94. The molecule has 1 unspecified atom stereocenters. The van der Waals surface area contributed by atoms with Gasteiger partial charge in [0.1, 0.15) is 5.69 Å². The van der Waals surface area contributed by atoms with Crippen molar-refractivity contribution in [1.82, 2.24) is 9.88 Å². The fourth-order valence-corrected chi connectivity index (χ4v) is 1.51. The third-order valence-electron chi connectivity index (χ3n) is 2.45. The molecule has 1 atom stereocenters. The first kappa shape index (κ1) is 12.2. The van der Waals surface area contributed by atoms with Gasteiger partial charge in [-0.15, -0.1) is 12.3 Å². The summed E-state index contributed by atoms with van der Waals surface area (Å²) in [6, 6.07) is 1.67. The second-order valence-corrected chi connectivity index (χ2v) is 3.76. The fraction of sp³-hybridized carbons (Fsp3) is 0.417.